The molecule has 0 bridgehead atoms. The minimum atomic E-state index is -1.68. The first-order valence-corrected chi connectivity index (χ1v) is 9.96. The number of carbonyl (C=O) groups is 1. The van der Waals surface area contributed by atoms with Gasteiger partial charge in [0.2, 0.25) is 6.29 Å². The molecule has 2 aliphatic heterocycles. The molecular formula is C20H28O12. The van der Waals surface area contributed by atoms with Crippen molar-refractivity contribution in [2.24, 2.45) is 0 Å². The first-order chi connectivity index (χ1) is 15.1. The van der Waals surface area contributed by atoms with Gasteiger partial charge in [0.1, 0.15) is 54.2 Å². The number of aliphatic hydroxyl groups is 6. The molecule has 12 heteroatoms. The van der Waals surface area contributed by atoms with Gasteiger partial charge in [0, 0.05) is 6.07 Å². The lowest BCUT2D eigenvalue weighted by Gasteiger charge is -2.41. The fourth-order valence-corrected chi connectivity index (χ4v) is 3.41. The Hall–Kier alpha value is -1.87. The predicted octanol–water partition coefficient (Wildman–Crippen LogP) is -2.46. The van der Waals surface area contributed by atoms with E-state index in [1.54, 1.807) is 6.07 Å². The summed E-state index contributed by atoms with van der Waals surface area (Å²) in [6.45, 7) is 0.615. The number of aliphatic hydroxyl groups excluding tert-OH is 6. The second-order valence-electron chi connectivity index (χ2n) is 7.63. The van der Waals surface area contributed by atoms with Crippen molar-refractivity contribution in [2.75, 3.05) is 20.3 Å². The molecule has 3 rings (SSSR count). The van der Waals surface area contributed by atoms with Gasteiger partial charge in [0.25, 0.3) is 0 Å². The van der Waals surface area contributed by atoms with E-state index >= 15 is 0 Å². The Morgan fingerprint density at radius 1 is 1.00 bits per heavy atom. The molecule has 9 atom stereocenters. The van der Waals surface area contributed by atoms with Crippen molar-refractivity contribution in [2.45, 2.75) is 62.2 Å². The van der Waals surface area contributed by atoms with E-state index in [9.17, 15) is 35.4 Å². The topological polar surface area (TPSA) is 185 Å². The summed E-state index contributed by atoms with van der Waals surface area (Å²) in [6.07, 6.45) is -13.3. The van der Waals surface area contributed by atoms with Crippen molar-refractivity contribution in [1.29, 1.82) is 0 Å². The van der Waals surface area contributed by atoms with Crippen LogP contribution in [0.1, 0.15) is 17.3 Å². The van der Waals surface area contributed by atoms with Crippen LogP contribution in [0.4, 0.5) is 0 Å². The Labute approximate surface area is 183 Å². The highest BCUT2D eigenvalue weighted by Gasteiger charge is 2.46. The van der Waals surface area contributed by atoms with E-state index in [2.05, 4.69) is 0 Å². The Bertz CT molecular complexity index is 788. The molecule has 0 aromatic heterocycles. The Morgan fingerprint density at radius 2 is 1.69 bits per heavy atom. The van der Waals surface area contributed by atoms with Crippen molar-refractivity contribution in [3.8, 4) is 11.5 Å². The van der Waals surface area contributed by atoms with Gasteiger partial charge in [-0.3, -0.25) is 4.79 Å². The third kappa shape index (κ3) is 5.20. The molecule has 0 aliphatic carbocycles. The molecule has 12 nitrogen and oxygen atoms in total. The van der Waals surface area contributed by atoms with Crippen LogP contribution in [0.15, 0.2) is 18.2 Å². The predicted molar refractivity (Wildman–Crippen MR) is 104 cm³/mol. The zero-order chi connectivity index (χ0) is 23.6. The van der Waals surface area contributed by atoms with Crippen LogP contribution in [-0.2, 0) is 14.2 Å². The highest BCUT2D eigenvalue weighted by atomic mass is 16.7. The molecule has 180 valence electrons. The van der Waals surface area contributed by atoms with E-state index in [0.29, 0.717) is 5.75 Å². The van der Waals surface area contributed by atoms with E-state index < -0.39 is 61.9 Å². The zero-order valence-corrected chi connectivity index (χ0v) is 17.5. The van der Waals surface area contributed by atoms with E-state index in [0.717, 1.165) is 0 Å². The molecule has 32 heavy (non-hydrogen) atoms. The standard InChI is InChI=1S/C20H28O12/c1-8(21)10-4-3-9(28-2)5-12(10)31-20-18(27)16(25)15(24)13(32-20)7-30-19-17(26)14(23)11(22)6-29-19/h3-5,11,13-20,22-27H,6-7H2,1-2H3/t11-,13+,14-,15+,16-,17+,18+,19-,20+/m1/s1. The average Bonchev–Trinajstić information content (AvgIpc) is 2.77. The van der Waals surface area contributed by atoms with E-state index in [1.165, 1.54) is 26.2 Å². The number of hydrogen-bond donors (Lipinski definition) is 6. The summed E-state index contributed by atoms with van der Waals surface area (Å²) in [7, 11) is 1.42. The molecule has 0 spiro atoms. The number of ether oxygens (including phenoxy) is 5. The number of methoxy groups -OCH3 is 1. The minimum Gasteiger partial charge on any atom is -0.497 e. The fraction of sp³-hybridized carbons (Fsp3) is 0.650. The minimum absolute atomic E-state index is 0.0345. The normalized spacial score (nSPS) is 37.7. The molecule has 2 saturated heterocycles. The third-order valence-corrected chi connectivity index (χ3v) is 5.36. The molecule has 1 aromatic carbocycles. The first kappa shape index (κ1) is 24.8. The van der Waals surface area contributed by atoms with Crippen LogP contribution in [0, 0.1) is 0 Å². The lowest BCUT2D eigenvalue weighted by Crippen LogP contribution is -2.61. The molecule has 2 aliphatic rings. The molecule has 2 heterocycles. The Morgan fingerprint density at radius 3 is 2.34 bits per heavy atom. The van der Waals surface area contributed by atoms with Crippen LogP contribution in [0.5, 0.6) is 11.5 Å². The van der Waals surface area contributed by atoms with Crippen molar-refractivity contribution >= 4 is 5.78 Å². The summed E-state index contributed by atoms with van der Waals surface area (Å²) < 4.78 is 26.8. The van der Waals surface area contributed by atoms with Crippen LogP contribution in [0.3, 0.4) is 0 Å². The van der Waals surface area contributed by atoms with Gasteiger partial charge in [0.15, 0.2) is 12.1 Å². The third-order valence-electron chi connectivity index (χ3n) is 5.36. The van der Waals surface area contributed by atoms with Gasteiger partial charge in [-0.1, -0.05) is 0 Å². The number of benzene rings is 1. The SMILES string of the molecule is COc1ccc(C(C)=O)c(O[C@H]2O[C@@H](CO[C@H]3OC[C@@H](O)[C@@H](O)[C@@H]3O)[C@H](O)[C@@H](O)[C@@H]2O)c1. The molecule has 1 aromatic rings. The smallest absolute Gasteiger partial charge is 0.229 e. The van der Waals surface area contributed by atoms with Crippen molar-refractivity contribution < 1.29 is 59.1 Å². The van der Waals surface area contributed by atoms with Gasteiger partial charge in [-0.25, -0.2) is 0 Å². The second-order valence-corrected chi connectivity index (χ2v) is 7.63. The van der Waals surface area contributed by atoms with Gasteiger partial charge >= 0.3 is 0 Å². The van der Waals surface area contributed by atoms with E-state index in [1.807, 2.05) is 0 Å². The molecule has 0 amide bonds. The molecule has 0 radical (unpaired) electrons. The van der Waals surface area contributed by atoms with Crippen molar-refractivity contribution in [3.05, 3.63) is 23.8 Å². The second kappa shape index (κ2) is 10.4. The zero-order valence-electron chi connectivity index (χ0n) is 17.5. The fourth-order valence-electron chi connectivity index (χ4n) is 3.41. The van der Waals surface area contributed by atoms with Crippen LogP contribution < -0.4 is 9.47 Å². The summed E-state index contributed by atoms with van der Waals surface area (Å²) in [5.74, 6) is 0.0878. The summed E-state index contributed by atoms with van der Waals surface area (Å²) in [6, 6.07) is 4.44. The van der Waals surface area contributed by atoms with Crippen molar-refractivity contribution in [3.63, 3.8) is 0 Å². The Kier molecular flexibility index (Phi) is 8.03. The van der Waals surface area contributed by atoms with E-state index in [-0.39, 0.29) is 23.7 Å². The summed E-state index contributed by atoms with van der Waals surface area (Å²) in [5.41, 5.74) is 0.182. The van der Waals surface area contributed by atoms with Crippen molar-refractivity contribution in [1.82, 2.24) is 0 Å². The molecule has 0 unspecified atom stereocenters. The lowest BCUT2D eigenvalue weighted by molar-refractivity contribution is -0.307. The maximum absolute atomic E-state index is 11.9. The number of rotatable bonds is 7. The first-order valence-electron chi connectivity index (χ1n) is 9.96. The highest BCUT2D eigenvalue weighted by molar-refractivity contribution is 5.97. The maximum Gasteiger partial charge on any atom is 0.229 e. The maximum atomic E-state index is 11.9. The average molecular weight is 460 g/mol. The number of hydrogen-bond acceptors (Lipinski definition) is 12. The highest BCUT2D eigenvalue weighted by Crippen LogP contribution is 2.30. The van der Waals surface area contributed by atoms with E-state index in [4.69, 9.17) is 23.7 Å². The van der Waals surface area contributed by atoms with Gasteiger partial charge in [-0.15, -0.1) is 0 Å². The molecule has 2 fully saturated rings. The molecule has 0 saturated carbocycles. The molecule has 6 N–H and O–H groups in total. The number of carbonyl (C=O) groups excluding carboxylic acids is 1. The van der Waals surface area contributed by atoms with Gasteiger partial charge in [-0.05, 0) is 19.1 Å². The van der Waals surface area contributed by atoms with Crippen LogP contribution >= 0.6 is 0 Å². The largest absolute Gasteiger partial charge is 0.497 e. The van der Waals surface area contributed by atoms with Gasteiger partial charge < -0.3 is 54.3 Å². The lowest BCUT2D eigenvalue weighted by atomic mass is 9.99. The van der Waals surface area contributed by atoms with Crippen LogP contribution in [0.25, 0.3) is 0 Å². The Balaban J connectivity index is 1.71. The summed E-state index contributed by atoms with van der Waals surface area (Å²) in [4.78, 5) is 11.9. The molecular weight excluding hydrogens is 432 g/mol. The summed E-state index contributed by atoms with van der Waals surface area (Å²) >= 11 is 0. The van der Waals surface area contributed by atoms with Gasteiger partial charge in [0.05, 0.1) is 25.9 Å². The van der Waals surface area contributed by atoms with Gasteiger partial charge in [-0.2, -0.15) is 0 Å². The number of Topliss-reactive ketones (excluding diaryl/α,β-unsaturated/α-hetero) is 1. The van der Waals surface area contributed by atoms with Crippen LogP contribution in [0.2, 0.25) is 0 Å². The monoisotopic (exact) mass is 460 g/mol. The summed E-state index contributed by atoms with van der Waals surface area (Å²) in [5, 5.41) is 60.0. The quantitative estimate of drug-likeness (QED) is 0.236. The number of ketones is 1. The van der Waals surface area contributed by atoms with Crippen LogP contribution in [-0.4, -0.2) is 112 Å².